The van der Waals surface area contributed by atoms with Crippen molar-refractivity contribution in [2.45, 2.75) is 52.4 Å². The molecule has 2 N–H and O–H groups in total. The first-order chi connectivity index (χ1) is 8.54. The van der Waals surface area contributed by atoms with E-state index in [1.807, 2.05) is 6.92 Å². The van der Waals surface area contributed by atoms with Crippen LogP contribution >= 0.6 is 0 Å². The molecule has 0 bridgehead atoms. The van der Waals surface area contributed by atoms with E-state index in [9.17, 15) is 9.59 Å². The molecule has 0 spiro atoms. The predicted octanol–water partition coefficient (Wildman–Crippen LogP) is 2.43. The fraction of sp³-hybridized carbons (Fsp3) is 0.857. The zero-order valence-corrected chi connectivity index (χ0v) is 11.4. The number of rotatable bonds is 6. The summed E-state index contributed by atoms with van der Waals surface area (Å²) in [6, 6.07) is 0. The zero-order valence-electron chi connectivity index (χ0n) is 11.4. The predicted molar refractivity (Wildman–Crippen MR) is 70.2 cm³/mol. The average molecular weight is 255 g/mol. The van der Waals surface area contributed by atoms with Crippen LogP contribution in [0.4, 0.5) is 0 Å². The SMILES string of the molecule is CCCC(CNC(=O)C1CCC(C)CC1)C(=O)O. The molecule has 1 unspecified atom stereocenters. The molecule has 0 aromatic rings. The summed E-state index contributed by atoms with van der Waals surface area (Å²) in [6.45, 7) is 4.45. The van der Waals surface area contributed by atoms with Gasteiger partial charge in [0, 0.05) is 12.5 Å². The average Bonchev–Trinajstić information content (AvgIpc) is 2.34. The van der Waals surface area contributed by atoms with Crippen molar-refractivity contribution in [1.29, 1.82) is 0 Å². The molecule has 0 heterocycles. The van der Waals surface area contributed by atoms with E-state index in [-0.39, 0.29) is 18.4 Å². The van der Waals surface area contributed by atoms with E-state index in [0.717, 1.165) is 38.0 Å². The monoisotopic (exact) mass is 255 g/mol. The highest BCUT2D eigenvalue weighted by Gasteiger charge is 2.25. The summed E-state index contributed by atoms with van der Waals surface area (Å²) < 4.78 is 0. The highest BCUT2D eigenvalue weighted by Crippen LogP contribution is 2.28. The van der Waals surface area contributed by atoms with Crippen molar-refractivity contribution in [2.24, 2.45) is 17.8 Å². The molecule has 18 heavy (non-hydrogen) atoms. The van der Waals surface area contributed by atoms with Crippen LogP contribution in [-0.4, -0.2) is 23.5 Å². The van der Waals surface area contributed by atoms with E-state index in [4.69, 9.17) is 5.11 Å². The third-order valence-electron chi connectivity index (χ3n) is 3.90. The van der Waals surface area contributed by atoms with Crippen LogP contribution in [0.15, 0.2) is 0 Å². The van der Waals surface area contributed by atoms with E-state index < -0.39 is 11.9 Å². The molecule has 0 aromatic carbocycles. The Balaban J connectivity index is 2.33. The zero-order chi connectivity index (χ0) is 13.5. The van der Waals surface area contributed by atoms with Crippen molar-refractivity contribution in [3.05, 3.63) is 0 Å². The molecular formula is C14H25NO3. The standard InChI is InChI=1S/C14H25NO3/c1-3-4-12(14(17)18)9-15-13(16)11-7-5-10(2)6-8-11/h10-12H,3-9H2,1-2H3,(H,15,16)(H,17,18). The Morgan fingerprint density at radius 1 is 1.28 bits per heavy atom. The molecule has 4 heteroatoms. The van der Waals surface area contributed by atoms with Crippen LogP contribution in [0.1, 0.15) is 52.4 Å². The first kappa shape index (κ1) is 15.0. The Bertz CT molecular complexity index is 283. The van der Waals surface area contributed by atoms with Crippen molar-refractivity contribution < 1.29 is 14.7 Å². The van der Waals surface area contributed by atoms with E-state index >= 15 is 0 Å². The maximum absolute atomic E-state index is 11.9. The number of nitrogens with one attached hydrogen (secondary N) is 1. The van der Waals surface area contributed by atoms with Crippen molar-refractivity contribution in [2.75, 3.05) is 6.54 Å². The summed E-state index contributed by atoms with van der Waals surface area (Å²) in [7, 11) is 0. The highest BCUT2D eigenvalue weighted by atomic mass is 16.4. The van der Waals surface area contributed by atoms with Gasteiger partial charge in [0.25, 0.3) is 0 Å². The number of carbonyl (C=O) groups is 2. The van der Waals surface area contributed by atoms with Gasteiger partial charge in [-0.15, -0.1) is 0 Å². The molecule has 1 atom stereocenters. The molecule has 0 aromatic heterocycles. The second-order valence-corrected chi connectivity index (χ2v) is 5.53. The second-order valence-electron chi connectivity index (χ2n) is 5.53. The molecule has 0 radical (unpaired) electrons. The number of aliphatic carboxylic acids is 1. The van der Waals surface area contributed by atoms with Gasteiger partial charge in [-0.1, -0.05) is 20.3 Å². The van der Waals surface area contributed by atoms with Gasteiger partial charge in [0.15, 0.2) is 0 Å². The van der Waals surface area contributed by atoms with Gasteiger partial charge < -0.3 is 10.4 Å². The van der Waals surface area contributed by atoms with E-state index in [0.29, 0.717) is 6.42 Å². The minimum absolute atomic E-state index is 0.0456. The Kier molecular flexibility index (Phi) is 6.16. The largest absolute Gasteiger partial charge is 0.481 e. The first-order valence-corrected chi connectivity index (χ1v) is 7.05. The number of hydrogen-bond donors (Lipinski definition) is 2. The first-order valence-electron chi connectivity index (χ1n) is 7.05. The molecule has 0 saturated heterocycles. The molecule has 4 nitrogen and oxygen atoms in total. The summed E-state index contributed by atoms with van der Waals surface area (Å²) >= 11 is 0. The third-order valence-corrected chi connectivity index (χ3v) is 3.90. The van der Waals surface area contributed by atoms with Gasteiger partial charge in [-0.05, 0) is 38.0 Å². The number of hydrogen-bond acceptors (Lipinski definition) is 2. The summed E-state index contributed by atoms with van der Waals surface area (Å²) in [4.78, 5) is 22.9. The maximum atomic E-state index is 11.9. The molecule has 1 fully saturated rings. The van der Waals surface area contributed by atoms with Crippen LogP contribution in [0.2, 0.25) is 0 Å². The Hall–Kier alpha value is -1.06. The van der Waals surface area contributed by atoms with Gasteiger partial charge in [-0.25, -0.2) is 0 Å². The van der Waals surface area contributed by atoms with Crippen LogP contribution in [0, 0.1) is 17.8 Å². The molecular weight excluding hydrogens is 230 g/mol. The van der Waals surface area contributed by atoms with Gasteiger partial charge in [0.1, 0.15) is 0 Å². The fourth-order valence-corrected chi connectivity index (χ4v) is 2.55. The van der Waals surface area contributed by atoms with Crippen LogP contribution in [0.25, 0.3) is 0 Å². The maximum Gasteiger partial charge on any atom is 0.308 e. The fourth-order valence-electron chi connectivity index (χ4n) is 2.55. The van der Waals surface area contributed by atoms with Gasteiger partial charge in [-0.3, -0.25) is 9.59 Å². The van der Waals surface area contributed by atoms with Crippen molar-refractivity contribution in [1.82, 2.24) is 5.32 Å². The lowest BCUT2D eigenvalue weighted by atomic mass is 9.82. The third kappa shape index (κ3) is 4.67. The summed E-state index contributed by atoms with van der Waals surface area (Å²) in [5.41, 5.74) is 0. The lowest BCUT2D eigenvalue weighted by Gasteiger charge is -2.25. The smallest absolute Gasteiger partial charge is 0.308 e. The van der Waals surface area contributed by atoms with E-state index in [1.54, 1.807) is 0 Å². The number of carbonyl (C=O) groups excluding carboxylic acids is 1. The lowest BCUT2D eigenvalue weighted by Crippen LogP contribution is -2.37. The van der Waals surface area contributed by atoms with Gasteiger partial charge in [-0.2, -0.15) is 0 Å². The molecule has 1 aliphatic carbocycles. The summed E-state index contributed by atoms with van der Waals surface area (Å²) in [5, 5.41) is 11.8. The molecule has 104 valence electrons. The molecule has 1 aliphatic rings. The normalized spacial score (nSPS) is 25.4. The minimum atomic E-state index is -0.811. The van der Waals surface area contributed by atoms with Gasteiger partial charge >= 0.3 is 5.97 Å². The highest BCUT2D eigenvalue weighted by molar-refractivity contribution is 5.79. The van der Waals surface area contributed by atoms with Gasteiger partial charge in [0.2, 0.25) is 5.91 Å². The Labute approximate surface area is 109 Å². The quantitative estimate of drug-likeness (QED) is 0.766. The molecule has 1 amide bonds. The van der Waals surface area contributed by atoms with E-state index in [2.05, 4.69) is 12.2 Å². The van der Waals surface area contributed by atoms with E-state index in [1.165, 1.54) is 0 Å². The van der Waals surface area contributed by atoms with Crippen LogP contribution in [0.5, 0.6) is 0 Å². The topological polar surface area (TPSA) is 66.4 Å². The molecule has 0 aliphatic heterocycles. The Morgan fingerprint density at radius 2 is 1.89 bits per heavy atom. The lowest BCUT2D eigenvalue weighted by molar-refractivity contribution is -0.142. The summed E-state index contributed by atoms with van der Waals surface area (Å²) in [6.07, 6.45) is 5.55. The van der Waals surface area contributed by atoms with Crippen LogP contribution in [0.3, 0.4) is 0 Å². The van der Waals surface area contributed by atoms with Crippen LogP contribution < -0.4 is 5.32 Å². The van der Waals surface area contributed by atoms with Crippen molar-refractivity contribution in [3.8, 4) is 0 Å². The summed E-state index contributed by atoms with van der Waals surface area (Å²) in [5.74, 6) is -0.390. The molecule has 1 saturated carbocycles. The molecule has 1 rings (SSSR count). The van der Waals surface area contributed by atoms with Gasteiger partial charge in [0.05, 0.1) is 5.92 Å². The van der Waals surface area contributed by atoms with Crippen molar-refractivity contribution >= 4 is 11.9 Å². The van der Waals surface area contributed by atoms with Crippen molar-refractivity contribution in [3.63, 3.8) is 0 Å². The van der Waals surface area contributed by atoms with Crippen LogP contribution in [-0.2, 0) is 9.59 Å². The minimum Gasteiger partial charge on any atom is -0.481 e. The Morgan fingerprint density at radius 3 is 2.39 bits per heavy atom. The number of amides is 1. The second kappa shape index (κ2) is 7.39. The number of carboxylic acid groups (broad SMARTS) is 1. The number of carboxylic acids is 1.